The van der Waals surface area contributed by atoms with E-state index in [9.17, 15) is 14.0 Å². The number of nitrogens with one attached hydrogen (secondary N) is 1. The summed E-state index contributed by atoms with van der Waals surface area (Å²) in [6.07, 6.45) is 2.17. The molecular formula is C24H22FN3O3. The molecule has 2 heterocycles. The number of halogens is 1. The van der Waals surface area contributed by atoms with Crippen LogP contribution in [0.1, 0.15) is 30.5 Å². The summed E-state index contributed by atoms with van der Waals surface area (Å²) >= 11 is 0. The van der Waals surface area contributed by atoms with Crippen molar-refractivity contribution in [3.8, 4) is 11.8 Å². The zero-order valence-electron chi connectivity index (χ0n) is 16.9. The molecule has 1 aliphatic rings. The van der Waals surface area contributed by atoms with Crippen LogP contribution >= 0.6 is 0 Å². The second kappa shape index (κ2) is 9.00. The van der Waals surface area contributed by atoms with Gasteiger partial charge < -0.3 is 14.6 Å². The largest absolute Gasteiger partial charge is 0.490 e. The maximum absolute atomic E-state index is 13.8. The highest BCUT2D eigenvalue weighted by molar-refractivity contribution is 5.82. The van der Waals surface area contributed by atoms with Crippen LogP contribution in [0, 0.1) is 17.1 Å². The maximum Gasteiger partial charge on any atom is 0.258 e. The highest BCUT2D eigenvalue weighted by atomic mass is 19.1. The second-order valence-electron chi connectivity index (χ2n) is 7.66. The average Bonchev–Trinajstić information content (AvgIpc) is 2.78. The van der Waals surface area contributed by atoms with Crippen molar-refractivity contribution >= 4 is 16.7 Å². The number of aromatic nitrogens is 1. The topological polar surface area (TPSA) is 86.2 Å². The van der Waals surface area contributed by atoms with Gasteiger partial charge in [-0.1, -0.05) is 12.1 Å². The lowest BCUT2D eigenvalue weighted by Crippen LogP contribution is -2.41. The van der Waals surface area contributed by atoms with Crippen LogP contribution in [0.5, 0.6) is 5.75 Å². The van der Waals surface area contributed by atoms with E-state index in [-0.39, 0.29) is 23.8 Å². The van der Waals surface area contributed by atoms with Crippen molar-refractivity contribution in [3.05, 3.63) is 76.0 Å². The summed E-state index contributed by atoms with van der Waals surface area (Å²) < 4.78 is 19.8. The molecule has 7 heteroatoms. The number of benzene rings is 2. The number of fused-ring (bicyclic) bond motifs is 1. The SMILES string of the molecule is N#Cc1ccc(OC2CCN(C(=O)CCc3cc4cccc(F)c4c(=O)[nH]3)CC2)cc1. The molecule has 1 saturated heterocycles. The van der Waals surface area contributed by atoms with E-state index in [1.807, 2.05) is 4.90 Å². The number of rotatable bonds is 5. The monoisotopic (exact) mass is 419 g/mol. The Hall–Kier alpha value is -3.66. The second-order valence-corrected chi connectivity index (χ2v) is 7.66. The number of hydrogen-bond donors (Lipinski definition) is 1. The molecule has 0 spiro atoms. The smallest absolute Gasteiger partial charge is 0.258 e. The van der Waals surface area contributed by atoms with E-state index in [1.54, 1.807) is 42.5 Å². The predicted molar refractivity (Wildman–Crippen MR) is 114 cm³/mol. The average molecular weight is 419 g/mol. The molecule has 0 bridgehead atoms. The molecule has 4 rings (SSSR count). The van der Waals surface area contributed by atoms with Crippen molar-refractivity contribution in [2.75, 3.05) is 13.1 Å². The minimum Gasteiger partial charge on any atom is -0.490 e. The van der Waals surface area contributed by atoms with Crippen LogP contribution in [0.25, 0.3) is 10.8 Å². The first-order valence-electron chi connectivity index (χ1n) is 10.3. The molecule has 31 heavy (non-hydrogen) atoms. The molecule has 158 valence electrons. The lowest BCUT2D eigenvalue weighted by Gasteiger charge is -2.32. The number of amides is 1. The van der Waals surface area contributed by atoms with E-state index >= 15 is 0 Å². The summed E-state index contributed by atoms with van der Waals surface area (Å²) in [5, 5.41) is 9.44. The van der Waals surface area contributed by atoms with E-state index in [2.05, 4.69) is 11.1 Å². The summed E-state index contributed by atoms with van der Waals surface area (Å²) in [5.74, 6) is 0.199. The predicted octanol–water partition coefficient (Wildman–Crippen LogP) is 3.54. The van der Waals surface area contributed by atoms with Gasteiger partial charge in [0.05, 0.1) is 17.0 Å². The number of likely N-dealkylation sites (tertiary alicyclic amines) is 1. The lowest BCUT2D eigenvalue weighted by molar-refractivity contribution is -0.132. The van der Waals surface area contributed by atoms with Crippen molar-refractivity contribution in [2.24, 2.45) is 0 Å². The Morgan fingerprint density at radius 3 is 2.65 bits per heavy atom. The van der Waals surface area contributed by atoms with E-state index in [0.717, 1.165) is 18.6 Å². The van der Waals surface area contributed by atoms with Crippen LogP contribution < -0.4 is 10.3 Å². The van der Waals surface area contributed by atoms with Gasteiger partial charge in [0.25, 0.3) is 5.56 Å². The molecule has 1 aromatic heterocycles. The normalized spacial score (nSPS) is 14.4. The molecule has 0 aliphatic carbocycles. The first-order chi connectivity index (χ1) is 15.0. The van der Waals surface area contributed by atoms with Gasteiger partial charge in [-0.25, -0.2) is 4.39 Å². The third kappa shape index (κ3) is 4.75. The van der Waals surface area contributed by atoms with Gasteiger partial charge in [0, 0.05) is 38.0 Å². The molecule has 2 aromatic carbocycles. The highest BCUT2D eigenvalue weighted by Gasteiger charge is 2.24. The molecule has 1 aliphatic heterocycles. The van der Waals surface area contributed by atoms with Gasteiger partial charge >= 0.3 is 0 Å². The molecule has 1 fully saturated rings. The fourth-order valence-corrected chi connectivity index (χ4v) is 3.89. The van der Waals surface area contributed by atoms with E-state index in [1.165, 1.54) is 6.07 Å². The molecule has 0 saturated carbocycles. The number of nitrogens with zero attached hydrogens (tertiary/aromatic N) is 2. The molecule has 3 aromatic rings. The van der Waals surface area contributed by atoms with Crippen LogP contribution in [0.4, 0.5) is 4.39 Å². The van der Waals surface area contributed by atoms with Crippen LogP contribution in [-0.2, 0) is 11.2 Å². The van der Waals surface area contributed by atoms with Gasteiger partial charge in [-0.15, -0.1) is 0 Å². The molecule has 0 unspecified atom stereocenters. The quantitative estimate of drug-likeness (QED) is 0.685. The van der Waals surface area contributed by atoms with Crippen LogP contribution in [0.3, 0.4) is 0 Å². The lowest BCUT2D eigenvalue weighted by atomic mass is 10.1. The number of ether oxygens (including phenoxy) is 1. The van der Waals surface area contributed by atoms with Gasteiger partial charge in [0.1, 0.15) is 17.7 Å². The Kier molecular flexibility index (Phi) is 5.99. The molecule has 1 N–H and O–H groups in total. The number of aryl methyl sites for hydroxylation is 1. The van der Waals surface area contributed by atoms with Crippen molar-refractivity contribution in [1.82, 2.24) is 9.88 Å². The van der Waals surface area contributed by atoms with E-state index in [0.29, 0.717) is 36.2 Å². The zero-order valence-corrected chi connectivity index (χ0v) is 16.9. The highest BCUT2D eigenvalue weighted by Crippen LogP contribution is 2.20. The van der Waals surface area contributed by atoms with Crippen molar-refractivity contribution < 1.29 is 13.9 Å². The number of piperidine rings is 1. The number of H-pyrrole nitrogens is 1. The van der Waals surface area contributed by atoms with Crippen molar-refractivity contribution in [3.63, 3.8) is 0 Å². The fourth-order valence-electron chi connectivity index (χ4n) is 3.89. The fraction of sp³-hybridized carbons (Fsp3) is 0.292. The van der Waals surface area contributed by atoms with Crippen molar-refractivity contribution in [1.29, 1.82) is 5.26 Å². The summed E-state index contributed by atoms with van der Waals surface area (Å²) in [6, 6.07) is 15.3. The van der Waals surface area contributed by atoms with Crippen LogP contribution in [0.15, 0.2) is 53.3 Å². The first-order valence-corrected chi connectivity index (χ1v) is 10.3. The molecular weight excluding hydrogens is 397 g/mol. The number of hydrogen-bond acceptors (Lipinski definition) is 4. The minimum atomic E-state index is -0.549. The van der Waals surface area contributed by atoms with E-state index < -0.39 is 11.4 Å². The number of pyridine rings is 1. The summed E-state index contributed by atoms with van der Waals surface area (Å²) in [6.45, 7) is 1.22. The molecule has 6 nitrogen and oxygen atoms in total. The van der Waals surface area contributed by atoms with Gasteiger partial charge in [-0.05, 0) is 48.2 Å². The Bertz CT molecular complexity index is 1190. The number of carbonyl (C=O) groups is 1. The third-order valence-corrected chi connectivity index (χ3v) is 5.57. The third-order valence-electron chi connectivity index (χ3n) is 5.57. The Balaban J connectivity index is 1.30. The number of aromatic amines is 1. The minimum absolute atomic E-state index is 0.0250. The standard InChI is InChI=1S/C24H22FN3O3/c25-21-3-1-2-17-14-18(27-24(30)23(17)21)6-9-22(29)28-12-10-20(11-13-28)31-19-7-4-16(15-26)5-8-19/h1-5,7-8,14,20H,6,9-13H2,(H,27,30). The maximum atomic E-state index is 13.8. The first kappa shape index (κ1) is 20.6. The zero-order chi connectivity index (χ0) is 21.8. The van der Waals surface area contributed by atoms with Gasteiger partial charge in [-0.2, -0.15) is 5.26 Å². The number of nitriles is 1. The molecule has 0 radical (unpaired) electrons. The Morgan fingerprint density at radius 1 is 1.19 bits per heavy atom. The number of carbonyl (C=O) groups excluding carboxylic acids is 1. The summed E-state index contributed by atoms with van der Waals surface area (Å²) in [7, 11) is 0. The van der Waals surface area contributed by atoms with Gasteiger partial charge in [0.15, 0.2) is 0 Å². The Morgan fingerprint density at radius 2 is 1.94 bits per heavy atom. The summed E-state index contributed by atoms with van der Waals surface area (Å²) in [5.41, 5.74) is 0.736. The van der Waals surface area contributed by atoms with Crippen LogP contribution in [-0.4, -0.2) is 35.0 Å². The van der Waals surface area contributed by atoms with E-state index in [4.69, 9.17) is 10.00 Å². The van der Waals surface area contributed by atoms with Gasteiger partial charge in [0.2, 0.25) is 5.91 Å². The van der Waals surface area contributed by atoms with Gasteiger partial charge in [-0.3, -0.25) is 9.59 Å². The molecule has 0 atom stereocenters. The summed E-state index contributed by atoms with van der Waals surface area (Å²) in [4.78, 5) is 29.3. The molecule has 1 amide bonds. The van der Waals surface area contributed by atoms with Crippen molar-refractivity contribution in [2.45, 2.75) is 31.8 Å². The Labute approximate surface area is 178 Å². The van der Waals surface area contributed by atoms with Crippen LogP contribution in [0.2, 0.25) is 0 Å².